The van der Waals surface area contributed by atoms with E-state index >= 15 is 0 Å². The van der Waals surface area contributed by atoms with Gasteiger partial charge in [-0.25, -0.2) is 19.6 Å². The minimum absolute atomic E-state index is 0.310. The van der Waals surface area contributed by atoms with Gasteiger partial charge in [0, 0.05) is 19.2 Å². The number of aromatic nitrogens is 5. The predicted molar refractivity (Wildman–Crippen MR) is 60.3 cm³/mol. The Hall–Kier alpha value is -2.51. The van der Waals surface area contributed by atoms with Gasteiger partial charge in [0.25, 0.3) is 0 Å². The lowest BCUT2D eigenvalue weighted by Crippen LogP contribution is -2.50. The number of aliphatic carboxylic acids is 1. The summed E-state index contributed by atoms with van der Waals surface area (Å²) in [5.74, 6) is 0.232. The molecule has 0 unspecified atom stereocenters. The summed E-state index contributed by atoms with van der Waals surface area (Å²) in [7, 11) is 0. The van der Waals surface area contributed by atoms with Gasteiger partial charge in [0.05, 0.1) is 5.92 Å². The zero-order chi connectivity index (χ0) is 12.5. The molecular weight excluding hydrogens is 236 g/mol. The number of carbonyl (C=O) groups is 1. The van der Waals surface area contributed by atoms with Crippen molar-refractivity contribution in [3.8, 4) is 5.82 Å². The van der Waals surface area contributed by atoms with Crippen molar-refractivity contribution in [1.29, 1.82) is 0 Å². The highest BCUT2D eigenvalue weighted by Gasteiger charge is 2.33. The fourth-order valence-corrected chi connectivity index (χ4v) is 1.78. The van der Waals surface area contributed by atoms with Gasteiger partial charge in [-0.2, -0.15) is 5.10 Å². The van der Waals surface area contributed by atoms with Gasteiger partial charge in [-0.05, 0) is 0 Å². The molecule has 3 rings (SSSR count). The fourth-order valence-electron chi connectivity index (χ4n) is 1.78. The molecule has 0 radical (unpaired) electrons. The van der Waals surface area contributed by atoms with Crippen LogP contribution in [0.2, 0.25) is 0 Å². The summed E-state index contributed by atoms with van der Waals surface area (Å²) in [5.41, 5.74) is 0. The molecule has 8 nitrogen and oxygen atoms in total. The second-order valence-electron chi connectivity index (χ2n) is 4.01. The van der Waals surface area contributed by atoms with E-state index in [-0.39, 0.29) is 5.92 Å². The van der Waals surface area contributed by atoms with Crippen molar-refractivity contribution in [2.45, 2.75) is 0 Å². The summed E-state index contributed by atoms with van der Waals surface area (Å²) < 4.78 is 1.53. The van der Waals surface area contributed by atoms with Gasteiger partial charge in [0.1, 0.15) is 24.8 Å². The second-order valence-corrected chi connectivity index (χ2v) is 4.01. The molecule has 8 heteroatoms. The maximum atomic E-state index is 10.7. The molecule has 1 aliphatic heterocycles. The quantitative estimate of drug-likeness (QED) is 0.785. The molecule has 1 saturated heterocycles. The molecule has 92 valence electrons. The van der Waals surface area contributed by atoms with Crippen LogP contribution in [0.4, 0.5) is 5.82 Å². The molecule has 0 amide bonds. The topological polar surface area (TPSA) is 97.0 Å². The predicted octanol–water partition coefficient (Wildman–Crippen LogP) is -0.422. The number of anilines is 1. The van der Waals surface area contributed by atoms with Crippen LogP contribution in [0.3, 0.4) is 0 Å². The fraction of sp³-hybridized carbons (Fsp3) is 0.300. The van der Waals surface area contributed by atoms with Gasteiger partial charge < -0.3 is 10.0 Å². The minimum Gasteiger partial charge on any atom is -0.481 e. The van der Waals surface area contributed by atoms with E-state index in [9.17, 15) is 4.79 Å². The summed E-state index contributed by atoms with van der Waals surface area (Å²) in [5, 5.41) is 12.8. The smallest absolute Gasteiger partial charge is 0.310 e. The maximum Gasteiger partial charge on any atom is 0.310 e. The first-order chi connectivity index (χ1) is 8.74. The first-order valence-corrected chi connectivity index (χ1v) is 5.39. The Balaban J connectivity index is 1.79. The lowest BCUT2D eigenvalue weighted by atomic mass is 10.0. The van der Waals surface area contributed by atoms with E-state index in [4.69, 9.17) is 5.11 Å². The Kier molecular flexibility index (Phi) is 2.40. The zero-order valence-electron chi connectivity index (χ0n) is 9.34. The number of hydrogen-bond acceptors (Lipinski definition) is 6. The standard InChI is InChI=1S/C10H10N6O2/c17-10(18)7-2-15(3-7)8-1-9(13-5-12-8)16-6-11-4-14-16/h1,4-7H,2-3H2,(H,17,18). The van der Waals surface area contributed by atoms with E-state index in [0.717, 1.165) is 0 Å². The van der Waals surface area contributed by atoms with Crippen molar-refractivity contribution in [3.63, 3.8) is 0 Å². The lowest BCUT2D eigenvalue weighted by molar-refractivity contribution is -0.142. The van der Waals surface area contributed by atoms with Crippen LogP contribution in [0, 0.1) is 5.92 Å². The largest absolute Gasteiger partial charge is 0.481 e. The number of hydrogen-bond donors (Lipinski definition) is 1. The Morgan fingerprint density at radius 2 is 2.06 bits per heavy atom. The number of nitrogens with zero attached hydrogens (tertiary/aromatic N) is 6. The molecule has 0 atom stereocenters. The molecule has 0 saturated carbocycles. The third kappa shape index (κ3) is 1.77. The van der Waals surface area contributed by atoms with Crippen LogP contribution >= 0.6 is 0 Å². The van der Waals surface area contributed by atoms with Crippen molar-refractivity contribution >= 4 is 11.8 Å². The Morgan fingerprint density at radius 3 is 2.72 bits per heavy atom. The summed E-state index contributed by atoms with van der Waals surface area (Å²) in [6, 6.07) is 1.76. The van der Waals surface area contributed by atoms with Gasteiger partial charge in [-0.1, -0.05) is 0 Å². The summed E-state index contributed by atoms with van der Waals surface area (Å²) in [4.78, 5) is 24.7. The van der Waals surface area contributed by atoms with Crippen molar-refractivity contribution in [3.05, 3.63) is 25.0 Å². The average molecular weight is 246 g/mol. The van der Waals surface area contributed by atoms with Gasteiger partial charge in [0.15, 0.2) is 5.82 Å². The number of carboxylic acid groups (broad SMARTS) is 1. The van der Waals surface area contributed by atoms with Crippen LogP contribution in [0.1, 0.15) is 0 Å². The highest BCUT2D eigenvalue weighted by molar-refractivity contribution is 5.74. The molecule has 2 aromatic heterocycles. The summed E-state index contributed by atoms with van der Waals surface area (Å²) >= 11 is 0. The molecule has 1 fully saturated rings. The van der Waals surface area contributed by atoms with Gasteiger partial charge in [-0.15, -0.1) is 0 Å². The summed E-state index contributed by atoms with van der Waals surface area (Å²) in [6.07, 6.45) is 4.40. The molecule has 2 aromatic rings. The lowest BCUT2D eigenvalue weighted by Gasteiger charge is -2.37. The second kappa shape index (κ2) is 4.06. The molecular formula is C10H10N6O2. The van der Waals surface area contributed by atoms with Gasteiger partial charge in [-0.3, -0.25) is 4.79 Å². The minimum atomic E-state index is -0.767. The van der Waals surface area contributed by atoms with E-state index in [2.05, 4.69) is 20.1 Å². The molecule has 1 aliphatic rings. The zero-order valence-corrected chi connectivity index (χ0v) is 9.34. The summed E-state index contributed by atoms with van der Waals surface area (Å²) in [6.45, 7) is 0.951. The van der Waals surface area contributed by atoms with E-state index in [1.807, 2.05) is 4.90 Å². The molecule has 18 heavy (non-hydrogen) atoms. The molecule has 1 N–H and O–H groups in total. The van der Waals surface area contributed by atoms with Crippen molar-refractivity contribution in [2.75, 3.05) is 18.0 Å². The van der Waals surface area contributed by atoms with Gasteiger partial charge in [0.2, 0.25) is 0 Å². The Morgan fingerprint density at radius 1 is 1.28 bits per heavy atom. The van der Waals surface area contributed by atoms with E-state index in [0.29, 0.717) is 24.7 Å². The highest BCUT2D eigenvalue weighted by atomic mass is 16.4. The Labute approximate surface area is 102 Å². The van der Waals surface area contributed by atoms with Crippen LogP contribution in [0.25, 0.3) is 5.82 Å². The first kappa shape index (κ1) is 10.6. The maximum absolute atomic E-state index is 10.7. The molecule has 3 heterocycles. The van der Waals surface area contributed by atoms with Crippen LogP contribution < -0.4 is 4.90 Å². The van der Waals surface area contributed by atoms with E-state index in [1.54, 1.807) is 12.4 Å². The van der Waals surface area contributed by atoms with Crippen LogP contribution in [0.15, 0.2) is 25.0 Å². The third-order valence-electron chi connectivity index (χ3n) is 2.85. The molecule has 0 spiro atoms. The normalized spacial score (nSPS) is 15.4. The van der Waals surface area contributed by atoms with Crippen molar-refractivity contribution in [2.24, 2.45) is 5.92 Å². The van der Waals surface area contributed by atoms with Gasteiger partial charge >= 0.3 is 5.97 Å². The van der Waals surface area contributed by atoms with Crippen LogP contribution in [-0.4, -0.2) is 48.9 Å². The van der Waals surface area contributed by atoms with Crippen LogP contribution in [-0.2, 0) is 4.79 Å². The third-order valence-corrected chi connectivity index (χ3v) is 2.85. The average Bonchev–Trinajstić information content (AvgIpc) is 2.80. The van der Waals surface area contributed by atoms with Crippen LogP contribution in [0.5, 0.6) is 0 Å². The van der Waals surface area contributed by atoms with Crippen molar-refractivity contribution in [1.82, 2.24) is 24.7 Å². The Bertz CT molecular complexity index is 564. The van der Waals surface area contributed by atoms with Crippen molar-refractivity contribution < 1.29 is 9.90 Å². The monoisotopic (exact) mass is 246 g/mol. The number of rotatable bonds is 3. The SMILES string of the molecule is O=C(O)C1CN(c2cc(-n3cncn3)ncn2)C1. The van der Waals surface area contributed by atoms with E-state index in [1.165, 1.54) is 17.3 Å². The van der Waals surface area contributed by atoms with E-state index < -0.39 is 5.97 Å². The molecule has 0 bridgehead atoms. The molecule has 0 aliphatic carbocycles. The highest BCUT2D eigenvalue weighted by Crippen LogP contribution is 2.23. The number of carboxylic acids is 1. The molecule has 0 aromatic carbocycles. The first-order valence-electron chi connectivity index (χ1n) is 5.39.